The summed E-state index contributed by atoms with van der Waals surface area (Å²) in [5, 5.41) is 0. The summed E-state index contributed by atoms with van der Waals surface area (Å²) in [6.45, 7) is 9.53. The van der Waals surface area contributed by atoms with Crippen LogP contribution in [0.25, 0.3) is 0 Å². The van der Waals surface area contributed by atoms with E-state index in [9.17, 15) is 0 Å². The van der Waals surface area contributed by atoms with Gasteiger partial charge in [-0.25, -0.2) is 0 Å². The highest BCUT2D eigenvalue weighted by molar-refractivity contribution is 4.72. The van der Waals surface area contributed by atoms with Gasteiger partial charge in [0.1, 0.15) is 0 Å². The minimum absolute atomic E-state index is 0.770. The lowest BCUT2D eigenvalue weighted by Crippen LogP contribution is -2.31. The molecule has 0 aromatic rings. The Morgan fingerprint density at radius 1 is 1.27 bits per heavy atom. The van der Waals surface area contributed by atoms with E-state index in [0.29, 0.717) is 0 Å². The summed E-state index contributed by atoms with van der Waals surface area (Å²) >= 11 is 0. The van der Waals surface area contributed by atoms with Gasteiger partial charge in [0.15, 0.2) is 0 Å². The van der Waals surface area contributed by atoms with Crippen molar-refractivity contribution in [1.29, 1.82) is 0 Å². The third-order valence-corrected chi connectivity index (χ3v) is 2.83. The van der Waals surface area contributed by atoms with Crippen LogP contribution in [0.1, 0.15) is 20.3 Å². The first-order valence-corrected chi connectivity index (χ1v) is 4.66. The van der Waals surface area contributed by atoms with Crippen LogP contribution in [0.2, 0.25) is 0 Å². The highest BCUT2D eigenvalue weighted by atomic mass is 15.2. The van der Waals surface area contributed by atoms with E-state index in [1.54, 1.807) is 0 Å². The summed E-state index contributed by atoms with van der Waals surface area (Å²) in [6.07, 6.45) is 1.32. The van der Waals surface area contributed by atoms with Crippen molar-refractivity contribution in [3.8, 4) is 0 Å². The molecule has 0 N–H and O–H groups in total. The SMILES string of the molecule is CCN1CCC(C)N(C)CC1. The van der Waals surface area contributed by atoms with Crippen LogP contribution in [-0.4, -0.2) is 49.1 Å². The second kappa shape index (κ2) is 4.07. The lowest BCUT2D eigenvalue weighted by atomic mass is 10.2. The van der Waals surface area contributed by atoms with E-state index in [4.69, 9.17) is 0 Å². The molecule has 0 aliphatic carbocycles. The molecule has 1 atom stereocenters. The standard InChI is InChI=1S/C9H20N2/c1-4-11-6-5-9(2)10(3)7-8-11/h9H,4-8H2,1-3H3. The summed E-state index contributed by atoms with van der Waals surface area (Å²) in [6, 6.07) is 0.770. The first-order chi connectivity index (χ1) is 5.24. The predicted octanol–water partition coefficient (Wildman–Crippen LogP) is 1.03. The molecule has 1 rings (SSSR count). The van der Waals surface area contributed by atoms with Crippen molar-refractivity contribution in [1.82, 2.24) is 9.80 Å². The quantitative estimate of drug-likeness (QED) is 0.559. The fourth-order valence-electron chi connectivity index (χ4n) is 1.54. The summed E-state index contributed by atoms with van der Waals surface area (Å²) in [5.74, 6) is 0. The molecule has 1 aliphatic rings. The Balaban J connectivity index is 2.38. The molecule has 0 amide bonds. The molecule has 11 heavy (non-hydrogen) atoms. The zero-order chi connectivity index (χ0) is 8.27. The minimum Gasteiger partial charge on any atom is -0.302 e. The van der Waals surface area contributed by atoms with Gasteiger partial charge in [-0.05, 0) is 33.5 Å². The average molecular weight is 156 g/mol. The van der Waals surface area contributed by atoms with Crippen LogP contribution in [-0.2, 0) is 0 Å². The largest absolute Gasteiger partial charge is 0.302 e. The molecule has 2 nitrogen and oxygen atoms in total. The van der Waals surface area contributed by atoms with Gasteiger partial charge in [-0.15, -0.1) is 0 Å². The van der Waals surface area contributed by atoms with Crippen LogP contribution < -0.4 is 0 Å². The zero-order valence-corrected chi connectivity index (χ0v) is 8.01. The monoisotopic (exact) mass is 156 g/mol. The average Bonchev–Trinajstić information content (AvgIpc) is 2.16. The molecule has 1 saturated heterocycles. The summed E-state index contributed by atoms with van der Waals surface area (Å²) in [4.78, 5) is 4.98. The second-order valence-electron chi connectivity index (χ2n) is 3.55. The molecule has 1 fully saturated rings. The molecule has 0 saturated carbocycles. The Morgan fingerprint density at radius 2 is 2.00 bits per heavy atom. The molecule has 66 valence electrons. The van der Waals surface area contributed by atoms with E-state index < -0.39 is 0 Å². The minimum atomic E-state index is 0.770. The number of likely N-dealkylation sites (N-methyl/N-ethyl adjacent to an activating group) is 2. The van der Waals surface area contributed by atoms with Gasteiger partial charge >= 0.3 is 0 Å². The first kappa shape index (κ1) is 9.01. The van der Waals surface area contributed by atoms with E-state index >= 15 is 0 Å². The molecule has 1 unspecified atom stereocenters. The van der Waals surface area contributed by atoms with Crippen LogP contribution in [0.15, 0.2) is 0 Å². The van der Waals surface area contributed by atoms with Gasteiger partial charge in [0, 0.05) is 19.1 Å². The van der Waals surface area contributed by atoms with E-state index in [0.717, 1.165) is 6.04 Å². The maximum absolute atomic E-state index is 2.53. The van der Waals surface area contributed by atoms with Gasteiger partial charge in [0.25, 0.3) is 0 Å². The topological polar surface area (TPSA) is 6.48 Å². The number of rotatable bonds is 1. The highest BCUT2D eigenvalue weighted by Gasteiger charge is 2.15. The molecule has 0 spiro atoms. The van der Waals surface area contributed by atoms with Crippen molar-refractivity contribution in [2.75, 3.05) is 33.2 Å². The Kier molecular flexibility index (Phi) is 3.34. The molecule has 0 aromatic carbocycles. The fraction of sp³-hybridized carbons (Fsp3) is 1.00. The van der Waals surface area contributed by atoms with Gasteiger partial charge in [0.05, 0.1) is 0 Å². The van der Waals surface area contributed by atoms with Crippen LogP contribution in [0.3, 0.4) is 0 Å². The van der Waals surface area contributed by atoms with Crippen molar-refractivity contribution >= 4 is 0 Å². The third kappa shape index (κ3) is 2.46. The van der Waals surface area contributed by atoms with E-state index in [2.05, 4.69) is 30.7 Å². The van der Waals surface area contributed by atoms with Crippen molar-refractivity contribution in [3.63, 3.8) is 0 Å². The third-order valence-electron chi connectivity index (χ3n) is 2.83. The molecule has 0 radical (unpaired) electrons. The van der Waals surface area contributed by atoms with Gasteiger partial charge < -0.3 is 9.80 Å². The Labute approximate surface area is 70.2 Å². The molecular formula is C9H20N2. The number of hydrogen-bond donors (Lipinski definition) is 0. The van der Waals surface area contributed by atoms with Crippen molar-refractivity contribution in [2.24, 2.45) is 0 Å². The predicted molar refractivity (Wildman–Crippen MR) is 48.8 cm³/mol. The Hall–Kier alpha value is -0.0800. The van der Waals surface area contributed by atoms with Gasteiger partial charge in [-0.2, -0.15) is 0 Å². The van der Waals surface area contributed by atoms with Gasteiger partial charge in [-0.1, -0.05) is 6.92 Å². The van der Waals surface area contributed by atoms with Crippen LogP contribution in [0.4, 0.5) is 0 Å². The summed E-state index contributed by atoms with van der Waals surface area (Å²) < 4.78 is 0. The number of nitrogens with zero attached hydrogens (tertiary/aromatic N) is 2. The van der Waals surface area contributed by atoms with Crippen molar-refractivity contribution < 1.29 is 0 Å². The fourth-order valence-corrected chi connectivity index (χ4v) is 1.54. The normalized spacial score (nSPS) is 30.3. The molecule has 1 heterocycles. The smallest absolute Gasteiger partial charge is 0.0109 e. The summed E-state index contributed by atoms with van der Waals surface area (Å²) in [7, 11) is 2.23. The molecule has 1 aliphatic heterocycles. The van der Waals surface area contributed by atoms with Crippen LogP contribution >= 0.6 is 0 Å². The van der Waals surface area contributed by atoms with E-state index in [-0.39, 0.29) is 0 Å². The van der Waals surface area contributed by atoms with Gasteiger partial charge in [-0.3, -0.25) is 0 Å². The van der Waals surface area contributed by atoms with Crippen LogP contribution in [0.5, 0.6) is 0 Å². The second-order valence-corrected chi connectivity index (χ2v) is 3.55. The van der Waals surface area contributed by atoms with Gasteiger partial charge in [0.2, 0.25) is 0 Å². The summed E-state index contributed by atoms with van der Waals surface area (Å²) in [5.41, 5.74) is 0. The van der Waals surface area contributed by atoms with Crippen molar-refractivity contribution in [2.45, 2.75) is 26.3 Å². The Bertz CT molecular complexity index is 102. The number of hydrogen-bond acceptors (Lipinski definition) is 2. The lowest BCUT2D eigenvalue weighted by molar-refractivity contribution is 0.262. The zero-order valence-electron chi connectivity index (χ0n) is 8.01. The van der Waals surface area contributed by atoms with Crippen molar-refractivity contribution in [3.05, 3.63) is 0 Å². The Morgan fingerprint density at radius 3 is 2.64 bits per heavy atom. The maximum atomic E-state index is 2.53. The molecule has 2 heteroatoms. The molecular weight excluding hydrogens is 136 g/mol. The first-order valence-electron chi connectivity index (χ1n) is 4.66. The highest BCUT2D eigenvalue weighted by Crippen LogP contribution is 2.07. The van der Waals surface area contributed by atoms with E-state index in [1.807, 2.05) is 0 Å². The lowest BCUT2D eigenvalue weighted by Gasteiger charge is -2.20. The molecule has 0 aromatic heterocycles. The van der Waals surface area contributed by atoms with E-state index in [1.165, 1.54) is 32.6 Å². The van der Waals surface area contributed by atoms with Crippen LogP contribution in [0, 0.1) is 0 Å². The maximum Gasteiger partial charge on any atom is 0.0109 e. The molecule has 0 bridgehead atoms.